The monoisotopic (exact) mass is 562 g/mol. The number of aliphatic carboxylic acids is 1. The summed E-state index contributed by atoms with van der Waals surface area (Å²) in [6, 6.07) is 21.4. The van der Waals surface area contributed by atoms with Crippen LogP contribution in [0.3, 0.4) is 0 Å². The summed E-state index contributed by atoms with van der Waals surface area (Å²) in [7, 11) is 0. The Hall–Kier alpha value is -1.62. The average Bonchev–Trinajstić information content (AvgIpc) is 2.83. The van der Waals surface area contributed by atoms with Crippen LogP contribution in [0, 0.1) is 7.14 Å². The van der Waals surface area contributed by atoms with Gasteiger partial charge in [-0.2, -0.15) is 0 Å². The van der Waals surface area contributed by atoms with Crippen molar-refractivity contribution in [2.45, 2.75) is 96.8 Å². The number of rotatable bonds is 17. The van der Waals surface area contributed by atoms with Crippen molar-refractivity contribution in [1.29, 1.82) is 0 Å². The molecule has 0 N–H and O–H groups in total. The fourth-order valence-electron chi connectivity index (χ4n) is 3.42. The third-order valence-electron chi connectivity index (χ3n) is 5.33. The van der Waals surface area contributed by atoms with Crippen LogP contribution in [0.2, 0.25) is 0 Å². The van der Waals surface area contributed by atoms with Gasteiger partial charge >= 0.3 is 21.2 Å². The van der Waals surface area contributed by atoms with E-state index in [0.29, 0.717) is 0 Å². The third-order valence-corrected chi connectivity index (χ3v) is 8.01. The minimum atomic E-state index is -0.914. The molecule has 0 atom stereocenters. The normalized spacial score (nSPS) is 10.7. The first-order valence-corrected chi connectivity index (χ1v) is 15.0. The maximum atomic E-state index is 10.2. The predicted octanol–water partition coefficient (Wildman–Crippen LogP) is 4.59. The van der Waals surface area contributed by atoms with Crippen LogP contribution < -0.4 is 26.3 Å². The van der Waals surface area contributed by atoms with E-state index >= 15 is 0 Å². The average molecular weight is 563 g/mol. The quantitative estimate of drug-likeness (QED) is 0.161. The van der Waals surface area contributed by atoms with Gasteiger partial charge in [-0.05, 0) is 62.8 Å². The van der Waals surface area contributed by atoms with E-state index in [4.69, 9.17) is 0 Å². The van der Waals surface area contributed by atoms with Crippen LogP contribution in [0.5, 0.6) is 0 Å². The molecule has 3 heteroatoms. The Kier molecular flexibility index (Phi) is 19.8. The zero-order chi connectivity index (χ0) is 23.8. The van der Waals surface area contributed by atoms with Crippen LogP contribution in [0.25, 0.3) is 0 Å². The summed E-state index contributed by atoms with van der Waals surface area (Å²) < 4.78 is 2.96. The third kappa shape index (κ3) is 19.5. The molecule has 0 bridgehead atoms. The molecule has 2 rings (SSSR count). The first-order chi connectivity index (χ1) is 16.2. The number of unbranched alkanes of at least 4 members (excludes halogenated alkanes) is 11. The fraction of sp³-hybridized carbons (Fsp3) is 0.500. The number of carbonyl (C=O) groups is 1. The molecule has 0 saturated heterocycles. The Morgan fingerprint density at radius 1 is 0.667 bits per heavy atom. The van der Waals surface area contributed by atoms with Crippen molar-refractivity contribution in [2.24, 2.45) is 0 Å². The minimum Gasteiger partial charge on any atom is -0.550 e. The number of carbonyl (C=O) groups excluding carboxylic acids is 1. The first-order valence-electron chi connectivity index (χ1n) is 12.8. The number of halogens is 1. The molecule has 0 aliphatic rings. The van der Waals surface area contributed by atoms with Gasteiger partial charge < -0.3 is 9.90 Å². The van der Waals surface area contributed by atoms with E-state index in [9.17, 15) is 9.90 Å². The summed E-state index contributed by atoms with van der Waals surface area (Å²) in [5, 5.41) is 10.2. The van der Waals surface area contributed by atoms with Crippen molar-refractivity contribution in [1.82, 2.24) is 0 Å². The van der Waals surface area contributed by atoms with Gasteiger partial charge in [-0.1, -0.05) is 107 Å². The van der Waals surface area contributed by atoms with Crippen molar-refractivity contribution in [3.8, 4) is 0 Å². The molecule has 0 amide bonds. The summed E-state index contributed by atoms with van der Waals surface area (Å²) in [5.74, 6) is -0.914. The van der Waals surface area contributed by atoms with Crippen LogP contribution in [-0.4, -0.2) is 5.97 Å². The molecule has 33 heavy (non-hydrogen) atoms. The molecule has 0 heterocycles. The molecule has 0 spiro atoms. The summed E-state index contributed by atoms with van der Waals surface area (Å²) in [5.41, 5.74) is 0. The van der Waals surface area contributed by atoms with E-state index in [1.807, 2.05) is 0 Å². The lowest BCUT2D eigenvalue weighted by Gasteiger charge is -2.01. The Morgan fingerprint density at radius 3 is 1.55 bits per heavy atom. The highest BCUT2D eigenvalue weighted by Crippen LogP contribution is 2.09. The first kappa shape index (κ1) is 29.4. The van der Waals surface area contributed by atoms with Crippen LogP contribution in [0.15, 0.2) is 72.8 Å². The van der Waals surface area contributed by atoms with Crippen LogP contribution in [0.4, 0.5) is 0 Å². The van der Waals surface area contributed by atoms with Gasteiger partial charge in [0.15, 0.2) is 7.14 Å². The molecule has 0 fully saturated rings. The van der Waals surface area contributed by atoms with E-state index < -0.39 is 5.97 Å². The lowest BCUT2D eigenvalue weighted by atomic mass is 10.1. The minimum absolute atomic E-state index is 0.0287. The summed E-state index contributed by atoms with van der Waals surface area (Å²) in [6.45, 7) is 2.26. The van der Waals surface area contributed by atoms with E-state index in [2.05, 4.69) is 79.7 Å². The van der Waals surface area contributed by atoms with Crippen LogP contribution in [0.1, 0.15) is 96.8 Å². The molecule has 182 valence electrons. The highest BCUT2D eigenvalue weighted by molar-refractivity contribution is 5.64. The number of carboxylic acid groups (broad SMARTS) is 1. The standard InChI is InChI=1S/C18H34O2.C12H10I/c1-2-3-4-5-6-7-8-9-10-11-12-13-14-15-16-17-18(19)20;1-3-7-11(8-4-1)13-12-9-5-2-6-10-12/h9-10H,2-8,11-17H2,1H3,(H,19,20);1-10H/q;+1/p-1/b10-9-;. The topological polar surface area (TPSA) is 40.1 Å². The Balaban J connectivity index is 0.000000357. The molecule has 2 aromatic rings. The smallest absolute Gasteiger partial charge is 0.357 e. The van der Waals surface area contributed by atoms with Gasteiger partial charge in [0.2, 0.25) is 0 Å². The highest BCUT2D eigenvalue weighted by Gasteiger charge is 2.12. The predicted molar refractivity (Wildman–Crippen MR) is 135 cm³/mol. The molecule has 0 saturated carbocycles. The zero-order valence-corrected chi connectivity index (χ0v) is 22.7. The molecule has 2 aromatic carbocycles. The second-order valence-electron chi connectivity index (χ2n) is 8.39. The second kappa shape index (κ2) is 22.2. The number of benzene rings is 2. The second-order valence-corrected chi connectivity index (χ2v) is 11.4. The lowest BCUT2D eigenvalue weighted by molar-refractivity contribution is -0.597. The van der Waals surface area contributed by atoms with Crippen molar-refractivity contribution in [2.75, 3.05) is 0 Å². The largest absolute Gasteiger partial charge is 0.550 e. The Labute approximate surface area is 213 Å². The summed E-state index contributed by atoms with van der Waals surface area (Å²) in [4.78, 5) is 10.2. The van der Waals surface area contributed by atoms with E-state index in [-0.39, 0.29) is 27.6 Å². The van der Waals surface area contributed by atoms with Gasteiger partial charge in [-0.15, -0.1) is 0 Å². The van der Waals surface area contributed by atoms with E-state index in [1.165, 1.54) is 71.3 Å². The Morgan fingerprint density at radius 2 is 1.09 bits per heavy atom. The molecule has 0 aliphatic carbocycles. The Bertz CT molecular complexity index is 675. The summed E-state index contributed by atoms with van der Waals surface area (Å²) in [6.07, 6.45) is 20.9. The molecule has 0 radical (unpaired) electrons. The number of allylic oxidation sites excluding steroid dienone is 2. The van der Waals surface area contributed by atoms with Gasteiger partial charge in [0.25, 0.3) is 0 Å². The van der Waals surface area contributed by atoms with Crippen molar-refractivity contribution < 1.29 is 31.1 Å². The summed E-state index contributed by atoms with van der Waals surface area (Å²) >= 11 is 0.0287. The highest BCUT2D eigenvalue weighted by atomic mass is 127. The molecule has 2 nitrogen and oxygen atoms in total. The van der Waals surface area contributed by atoms with Gasteiger partial charge in [0.05, 0.1) is 0 Å². The van der Waals surface area contributed by atoms with Gasteiger partial charge in [0, 0.05) is 5.97 Å². The number of hydrogen-bond donors (Lipinski definition) is 0. The van der Waals surface area contributed by atoms with Gasteiger partial charge in [0.1, 0.15) is 0 Å². The molecule has 0 aliphatic heterocycles. The van der Waals surface area contributed by atoms with Gasteiger partial charge in [-0.25, -0.2) is 0 Å². The van der Waals surface area contributed by atoms with Gasteiger partial charge in [-0.3, -0.25) is 0 Å². The van der Waals surface area contributed by atoms with Crippen molar-refractivity contribution in [3.63, 3.8) is 0 Å². The maximum Gasteiger partial charge on any atom is 0.357 e. The van der Waals surface area contributed by atoms with E-state index in [0.717, 1.165) is 19.3 Å². The maximum absolute atomic E-state index is 10.2. The van der Waals surface area contributed by atoms with Crippen molar-refractivity contribution in [3.05, 3.63) is 80.0 Å². The van der Waals surface area contributed by atoms with Crippen molar-refractivity contribution >= 4 is 5.97 Å². The molecule has 0 unspecified atom stereocenters. The fourth-order valence-corrected chi connectivity index (χ4v) is 5.69. The van der Waals surface area contributed by atoms with E-state index in [1.54, 1.807) is 0 Å². The molecule has 0 aromatic heterocycles. The number of hydrogen-bond acceptors (Lipinski definition) is 2. The SMILES string of the molecule is CCCCCCCC/C=C\CCCCCCCC(=O)[O-].c1ccc([I+]c2ccccc2)cc1. The zero-order valence-electron chi connectivity index (χ0n) is 20.5. The molecular weight excluding hydrogens is 519 g/mol. The van der Waals surface area contributed by atoms with Crippen LogP contribution in [-0.2, 0) is 4.79 Å². The lowest BCUT2D eigenvalue weighted by Crippen LogP contribution is -3.61. The number of carboxylic acids is 1. The molecular formula is C30H43IO2. The van der Waals surface area contributed by atoms with Crippen LogP contribution >= 0.6 is 0 Å².